The third kappa shape index (κ3) is 3.84. The number of fused-ring (bicyclic) bond motifs is 9. The van der Waals surface area contributed by atoms with E-state index in [0.29, 0.717) is 25.0 Å². The molecular weight excluding hydrogens is 548 g/mol. The minimum absolute atomic E-state index is 0.0625. The smallest absolute Gasteiger partial charge is 0.254 e. The normalized spacial score (nSPS) is 23.3. The molecule has 4 aliphatic rings. The van der Waals surface area contributed by atoms with Gasteiger partial charge >= 0.3 is 0 Å². The molecule has 3 atom stereocenters. The van der Waals surface area contributed by atoms with Crippen molar-refractivity contribution >= 4 is 27.9 Å². The number of nitrogens with zero attached hydrogens (tertiary/aromatic N) is 5. The van der Waals surface area contributed by atoms with E-state index >= 15 is 0 Å². The van der Waals surface area contributed by atoms with Crippen LogP contribution >= 0.6 is 0 Å². The lowest BCUT2D eigenvalue weighted by Gasteiger charge is -2.41. The molecule has 2 aromatic carbocycles. The Hall–Kier alpha value is -3.47. The first-order valence-corrected chi connectivity index (χ1v) is 15.8. The highest BCUT2D eigenvalue weighted by atomic mass is 32.2. The molecule has 3 aliphatic heterocycles. The number of rotatable bonds is 5. The Morgan fingerprint density at radius 3 is 2.48 bits per heavy atom. The van der Waals surface area contributed by atoms with Gasteiger partial charge in [0, 0.05) is 37.0 Å². The van der Waals surface area contributed by atoms with E-state index in [0.717, 1.165) is 40.0 Å². The summed E-state index contributed by atoms with van der Waals surface area (Å²) in [5, 5.41) is 0. The van der Waals surface area contributed by atoms with Crippen molar-refractivity contribution in [2.45, 2.75) is 68.3 Å². The monoisotopic (exact) mass is 582 g/mol. The topological polar surface area (TPSA) is 102 Å². The largest absolute Gasteiger partial charge is 0.376 e. The molecule has 1 saturated carbocycles. The average Bonchev–Trinajstić information content (AvgIpc) is 3.67. The number of hydrogen-bond donors (Lipinski definition) is 1. The van der Waals surface area contributed by atoms with Crippen molar-refractivity contribution in [2.24, 2.45) is 0 Å². The van der Waals surface area contributed by atoms with Crippen LogP contribution in [0.1, 0.15) is 91.2 Å². The van der Waals surface area contributed by atoms with Crippen LogP contribution < -0.4 is 4.72 Å². The van der Waals surface area contributed by atoms with Crippen molar-refractivity contribution in [3.63, 3.8) is 0 Å². The van der Waals surface area contributed by atoms with E-state index in [2.05, 4.69) is 33.6 Å². The first-order valence-electron chi connectivity index (χ1n) is 14.7. The maximum atomic E-state index is 13.6. The average molecular weight is 583 g/mol. The summed E-state index contributed by atoms with van der Waals surface area (Å²) in [6.07, 6.45) is 6.88. The number of carbonyl (C=O) groups is 1. The Labute approximate surface area is 247 Å². The van der Waals surface area contributed by atoms with E-state index < -0.39 is 21.3 Å². The highest BCUT2D eigenvalue weighted by Gasteiger charge is 2.47. The zero-order chi connectivity index (χ0) is 29.0. The van der Waals surface area contributed by atoms with Gasteiger partial charge in [0.1, 0.15) is 11.4 Å². The molecule has 10 heteroatoms. The first-order chi connectivity index (χ1) is 20.1. The van der Waals surface area contributed by atoms with Gasteiger partial charge < -0.3 is 14.2 Å². The Balaban J connectivity index is 1.19. The Morgan fingerprint density at radius 2 is 1.81 bits per heavy atom. The van der Waals surface area contributed by atoms with Crippen molar-refractivity contribution in [1.82, 2.24) is 29.1 Å². The van der Waals surface area contributed by atoms with Crippen molar-refractivity contribution in [3.8, 4) is 11.1 Å². The van der Waals surface area contributed by atoms with Gasteiger partial charge in [-0.05, 0) is 74.4 Å². The number of nitrogens with one attached hydrogen (secondary N) is 1. The molecule has 216 valence electrons. The van der Waals surface area contributed by atoms with Gasteiger partial charge in [-0.3, -0.25) is 4.79 Å². The third-order valence-electron chi connectivity index (χ3n) is 9.24. The summed E-state index contributed by atoms with van der Waals surface area (Å²) in [4.78, 5) is 29.9. The van der Waals surface area contributed by atoms with Crippen LogP contribution in [0.2, 0.25) is 0 Å². The fourth-order valence-electron chi connectivity index (χ4n) is 6.67. The second-order valence-electron chi connectivity index (χ2n) is 13.2. The molecule has 0 spiro atoms. The van der Waals surface area contributed by atoms with E-state index in [9.17, 15) is 9.00 Å². The summed E-state index contributed by atoms with van der Waals surface area (Å²) in [6, 6.07) is 12.6. The number of hydrogen-bond acceptors (Lipinski definition) is 6. The van der Waals surface area contributed by atoms with Gasteiger partial charge in [-0.1, -0.05) is 18.2 Å². The fraction of sp³-hybridized carbons (Fsp3) is 0.438. The van der Waals surface area contributed by atoms with Crippen LogP contribution in [0.5, 0.6) is 0 Å². The maximum absolute atomic E-state index is 13.6. The highest BCUT2D eigenvalue weighted by Crippen LogP contribution is 2.52. The molecule has 1 N–H and O–H groups in total. The van der Waals surface area contributed by atoms with Crippen LogP contribution in [-0.4, -0.2) is 59.5 Å². The number of aromatic nitrogens is 4. The van der Waals surface area contributed by atoms with Gasteiger partial charge in [-0.2, -0.15) is 0 Å². The first kappa shape index (κ1) is 26.2. The third-order valence-corrected chi connectivity index (χ3v) is 10.9. The SMILES string of the molecule is CN1C(=O)c2cccc(C3CC3)c2[C@H]2C[C@@H]1c1nc3ccc(-c4cnc(C5(NS(=O)C(C)(C)C)COC5)nc4)cc3n12. The number of benzene rings is 2. The van der Waals surface area contributed by atoms with Gasteiger partial charge in [-0.25, -0.2) is 23.9 Å². The lowest BCUT2D eigenvalue weighted by atomic mass is 9.91. The highest BCUT2D eigenvalue weighted by molar-refractivity contribution is 7.84. The van der Waals surface area contributed by atoms with Gasteiger partial charge in [-0.15, -0.1) is 0 Å². The van der Waals surface area contributed by atoms with E-state index in [1.165, 1.54) is 24.0 Å². The van der Waals surface area contributed by atoms with E-state index in [1.54, 1.807) is 0 Å². The van der Waals surface area contributed by atoms with Crippen molar-refractivity contribution in [3.05, 3.63) is 77.1 Å². The van der Waals surface area contributed by atoms with Crippen molar-refractivity contribution < 1.29 is 13.7 Å². The summed E-state index contributed by atoms with van der Waals surface area (Å²) in [5.74, 6) is 2.17. The molecule has 5 heterocycles. The molecule has 1 aliphatic carbocycles. The maximum Gasteiger partial charge on any atom is 0.254 e. The molecule has 1 unspecified atom stereocenters. The van der Waals surface area contributed by atoms with Crippen LogP contribution in [0.3, 0.4) is 0 Å². The second kappa shape index (κ2) is 9.02. The summed E-state index contributed by atoms with van der Waals surface area (Å²) in [5.41, 5.74) is 6.57. The standard InChI is InChI=1S/C32H34N6O3S/c1-31(2,3)42(40)36-32(16-41-17-32)30-33-14-20(15-34-30)19-10-11-23-24(12-19)38-25-13-26(28(38)35-23)37(4)29(39)22-7-5-6-21(27(22)25)18-8-9-18/h5-7,10-12,14-15,18,25-26,36H,8-9,13,16-17H2,1-4H3/t25-,26-,42?/m1/s1. The predicted octanol–water partition coefficient (Wildman–Crippen LogP) is 4.77. The summed E-state index contributed by atoms with van der Waals surface area (Å²) >= 11 is 0. The van der Waals surface area contributed by atoms with Gasteiger partial charge in [0.05, 0.1) is 52.1 Å². The van der Waals surface area contributed by atoms with Crippen LogP contribution in [0, 0.1) is 0 Å². The molecule has 42 heavy (non-hydrogen) atoms. The lowest BCUT2D eigenvalue weighted by Crippen LogP contribution is -2.60. The summed E-state index contributed by atoms with van der Waals surface area (Å²) in [7, 11) is 0.633. The Morgan fingerprint density at radius 1 is 1.05 bits per heavy atom. The number of carbonyl (C=O) groups excluding carboxylic acids is 1. The minimum Gasteiger partial charge on any atom is -0.376 e. The van der Waals surface area contributed by atoms with Crippen LogP contribution in [0.15, 0.2) is 48.8 Å². The number of amides is 1. The molecule has 2 bridgehead atoms. The number of imidazole rings is 1. The van der Waals surface area contributed by atoms with Crippen molar-refractivity contribution in [1.29, 1.82) is 0 Å². The molecule has 9 nitrogen and oxygen atoms in total. The molecule has 1 amide bonds. The van der Waals surface area contributed by atoms with E-state index in [-0.39, 0.29) is 18.0 Å². The van der Waals surface area contributed by atoms with Gasteiger partial charge in [0.25, 0.3) is 5.91 Å². The number of ether oxygens (including phenoxy) is 1. The zero-order valence-electron chi connectivity index (χ0n) is 24.3. The lowest BCUT2D eigenvalue weighted by molar-refractivity contribution is -0.0704. The molecule has 0 radical (unpaired) electrons. The van der Waals surface area contributed by atoms with Crippen LogP contribution in [-0.2, 0) is 21.3 Å². The molecule has 4 aromatic rings. The Kier molecular flexibility index (Phi) is 5.62. The van der Waals surface area contributed by atoms with Crippen LogP contribution in [0.4, 0.5) is 0 Å². The van der Waals surface area contributed by atoms with E-state index in [1.807, 2.05) is 57.2 Å². The zero-order valence-corrected chi connectivity index (χ0v) is 25.1. The van der Waals surface area contributed by atoms with E-state index in [4.69, 9.17) is 19.7 Å². The van der Waals surface area contributed by atoms with Gasteiger partial charge in [0.2, 0.25) is 0 Å². The quantitative estimate of drug-likeness (QED) is 0.364. The van der Waals surface area contributed by atoms with Crippen LogP contribution in [0.25, 0.3) is 22.2 Å². The predicted molar refractivity (Wildman–Crippen MR) is 160 cm³/mol. The molecular formula is C32H34N6O3S. The molecule has 2 aromatic heterocycles. The second-order valence-corrected chi connectivity index (χ2v) is 15.1. The fourth-order valence-corrected chi connectivity index (χ4v) is 7.54. The molecule has 1 saturated heterocycles. The summed E-state index contributed by atoms with van der Waals surface area (Å²) < 4.78 is 23.6. The van der Waals surface area contributed by atoms with Crippen molar-refractivity contribution in [2.75, 3.05) is 20.3 Å². The molecule has 8 rings (SSSR count). The minimum atomic E-state index is -1.28. The Bertz CT molecular complexity index is 1780. The molecule has 2 fully saturated rings. The summed E-state index contributed by atoms with van der Waals surface area (Å²) in [6.45, 7) is 6.58. The van der Waals surface area contributed by atoms with Gasteiger partial charge in [0.15, 0.2) is 5.82 Å².